The summed E-state index contributed by atoms with van der Waals surface area (Å²) in [6.07, 6.45) is 0.580. The van der Waals surface area contributed by atoms with Crippen molar-refractivity contribution >= 4 is 11.8 Å². The summed E-state index contributed by atoms with van der Waals surface area (Å²) in [7, 11) is 4.20. The minimum absolute atomic E-state index is 0.428. The fraction of sp³-hybridized carbons (Fsp3) is 0.458. The highest BCUT2D eigenvalue weighted by molar-refractivity contribution is 5.86. The molecule has 4 heteroatoms. The fourth-order valence-corrected chi connectivity index (χ4v) is 3.68. The van der Waals surface area contributed by atoms with Gasteiger partial charge in [0.25, 0.3) is 0 Å². The number of nitrogens with zero attached hydrogens (tertiary/aromatic N) is 1. The molecule has 2 aromatic carbocycles. The summed E-state index contributed by atoms with van der Waals surface area (Å²) in [6.45, 7) is 9.79. The Hall–Kier alpha value is -2.33. The lowest BCUT2D eigenvalue weighted by Crippen LogP contribution is -2.24. The number of carbonyl (C=O) groups is 1. The van der Waals surface area contributed by atoms with Crippen LogP contribution in [0.4, 0.5) is 10.5 Å². The topological polar surface area (TPSA) is 41.6 Å². The smallest absolute Gasteiger partial charge is 0.410 e. The molecule has 0 fully saturated rings. The molecule has 0 radical (unpaired) electrons. The van der Waals surface area contributed by atoms with Crippen molar-refractivity contribution in [2.45, 2.75) is 46.0 Å². The first-order valence-electron chi connectivity index (χ1n) is 10.1. The van der Waals surface area contributed by atoms with Crippen molar-refractivity contribution < 1.29 is 9.53 Å². The molecule has 1 N–H and O–H groups in total. The number of hydrogen-bond donors (Lipinski definition) is 1. The number of nitrogens with one attached hydrogen (secondary N) is 1. The normalized spacial score (nSPS) is 13.4. The SMILES string of the molecule is CC[C@H](c1cccc(OC(=O)Nc2ccc(C(C)C)cc2)c1)C(C)CN(C)C. The summed E-state index contributed by atoms with van der Waals surface area (Å²) in [4.78, 5) is 14.5. The second-order valence-corrected chi connectivity index (χ2v) is 8.12. The second kappa shape index (κ2) is 10.3. The number of amides is 1. The Morgan fingerprint density at radius 1 is 1.04 bits per heavy atom. The van der Waals surface area contributed by atoms with Crippen molar-refractivity contribution in [3.05, 3.63) is 59.7 Å². The highest BCUT2D eigenvalue weighted by atomic mass is 16.6. The molecular weight excluding hydrogens is 348 g/mol. The largest absolute Gasteiger partial charge is 0.417 e. The lowest BCUT2D eigenvalue weighted by atomic mass is 9.85. The van der Waals surface area contributed by atoms with E-state index in [0.29, 0.717) is 23.5 Å². The van der Waals surface area contributed by atoms with E-state index in [2.05, 4.69) is 58.1 Å². The monoisotopic (exact) mass is 382 g/mol. The maximum Gasteiger partial charge on any atom is 0.417 e. The first kappa shape index (κ1) is 22.0. The summed E-state index contributed by atoms with van der Waals surface area (Å²) in [5.74, 6) is 1.98. The molecule has 152 valence electrons. The van der Waals surface area contributed by atoms with E-state index in [-0.39, 0.29) is 0 Å². The van der Waals surface area contributed by atoms with Crippen LogP contribution < -0.4 is 10.1 Å². The molecule has 0 aliphatic rings. The van der Waals surface area contributed by atoms with Crippen LogP contribution >= 0.6 is 0 Å². The lowest BCUT2D eigenvalue weighted by Gasteiger charge is -2.26. The molecule has 0 aliphatic heterocycles. The van der Waals surface area contributed by atoms with Gasteiger partial charge in [0.1, 0.15) is 5.75 Å². The van der Waals surface area contributed by atoms with Crippen LogP contribution in [0.5, 0.6) is 5.75 Å². The highest BCUT2D eigenvalue weighted by Crippen LogP contribution is 2.30. The van der Waals surface area contributed by atoms with Gasteiger partial charge in [0.15, 0.2) is 0 Å². The number of carbonyl (C=O) groups excluding carboxylic acids is 1. The molecule has 0 aliphatic carbocycles. The molecule has 0 bridgehead atoms. The molecule has 0 heterocycles. The number of rotatable bonds is 8. The van der Waals surface area contributed by atoms with Crippen molar-refractivity contribution in [3.63, 3.8) is 0 Å². The number of ether oxygens (including phenoxy) is 1. The van der Waals surface area contributed by atoms with Crippen LogP contribution in [0.25, 0.3) is 0 Å². The number of anilines is 1. The number of benzene rings is 2. The standard InChI is InChI=1S/C24H34N2O2/c1-7-23(18(4)16-26(5)6)20-9-8-10-22(15-20)28-24(27)25-21-13-11-19(12-14-21)17(2)3/h8-15,17-18,23H,7,16H2,1-6H3,(H,25,27)/t18?,23-/m0/s1. The maximum absolute atomic E-state index is 12.3. The number of hydrogen-bond acceptors (Lipinski definition) is 3. The molecule has 4 nitrogen and oxygen atoms in total. The van der Waals surface area contributed by atoms with E-state index >= 15 is 0 Å². The van der Waals surface area contributed by atoms with Crippen molar-refractivity contribution in [2.24, 2.45) is 5.92 Å². The molecule has 1 unspecified atom stereocenters. The minimum atomic E-state index is -0.469. The van der Waals surface area contributed by atoms with Crippen molar-refractivity contribution in [3.8, 4) is 5.75 Å². The predicted molar refractivity (Wildman–Crippen MR) is 117 cm³/mol. The molecule has 0 aromatic heterocycles. The summed E-state index contributed by atoms with van der Waals surface area (Å²) in [5, 5.41) is 2.80. The summed E-state index contributed by atoms with van der Waals surface area (Å²) < 4.78 is 5.53. The Kier molecular flexibility index (Phi) is 8.06. The van der Waals surface area contributed by atoms with Crippen molar-refractivity contribution in [1.82, 2.24) is 4.90 Å². The lowest BCUT2D eigenvalue weighted by molar-refractivity contribution is 0.215. The Morgan fingerprint density at radius 3 is 2.29 bits per heavy atom. The van der Waals surface area contributed by atoms with Gasteiger partial charge in [-0.1, -0.05) is 52.0 Å². The third kappa shape index (κ3) is 6.38. The van der Waals surface area contributed by atoms with E-state index in [1.807, 2.05) is 42.5 Å². The summed E-state index contributed by atoms with van der Waals surface area (Å²) >= 11 is 0. The van der Waals surface area contributed by atoms with Crippen LogP contribution in [0.2, 0.25) is 0 Å². The Bertz CT molecular complexity index is 753. The molecule has 2 rings (SSSR count). The molecule has 28 heavy (non-hydrogen) atoms. The van der Waals surface area contributed by atoms with Crippen LogP contribution in [-0.4, -0.2) is 31.6 Å². The van der Waals surface area contributed by atoms with Crippen LogP contribution in [0.15, 0.2) is 48.5 Å². The third-order valence-corrected chi connectivity index (χ3v) is 5.10. The zero-order valence-electron chi connectivity index (χ0n) is 18.0. The molecule has 2 atom stereocenters. The van der Waals surface area contributed by atoms with E-state index < -0.39 is 6.09 Å². The van der Waals surface area contributed by atoms with E-state index in [0.717, 1.165) is 18.7 Å². The second-order valence-electron chi connectivity index (χ2n) is 8.12. The Morgan fingerprint density at radius 2 is 1.71 bits per heavy atom. The van der Waals surface area contributed by atoms with Gasteiger partial charge in [0, 0.05) is 12.2 Å². The predicted octanol–water partition coefficient (Wildman–Crippen LogP) is 6.11. The van der Waals surface area contributed by atoms with Crippen molar-refractivity contribution in [2.75, 3.05) is 26.0 Å². The van der Waals surface area contributed by atoms with Crippen LogP contribution in [0, 0.1) is 5.92 Å². The minimum Gasteiger partial charge on any atom is -0.410 e. The highest BCUT2D eigenvalue weighted by Gasteiger charge is 2.19. The van der Waals surface area contributed by atoms with Crippen LogP contribution in [0.1, 0.15) is 57.1 Å². The third-order valence-electron chi connectivity index (χ3n) is 5.10. The molecule has 0 saturated heterocycles. The quantitative estimate of drug-likeness (QED) is 0.599. The zero-order chi connectivity index (χ0) is 20.7. The van der Waals surface area contributed by atoms with Crippen molar-refractivity contribution in [1.29, 1.82) is 0 Å². The van der Waals surface area contributed by atoms with Gasteiger partial charge in [-0.15, -0.1) is 0 Å². The van der Waals surface area contributed by atoms with E-state index in [1.165, 1.54) is 11.1 Å². The Balaban J connectivity index is 2.03. The van der Waals surface area contributed by atoms with Gasteiger partial charge in [-0.05, 0) is 73.7 Å². The van der Waals surface area contributed by atoms with Crippen LogP contribution in [0.3, 0.4) is 0 Å². The van der Waals surface area contributed by atoms with Gasteiger partial charge >= 0.3 is 6.09 Å². The van der Waals surface area contributed by atoms with Gasteiger partial charge in [-0.2, -0.15) is 0 Å². The molecule has 2 aromatic rings. The van der Waals surface area contributed by atoms with Gasteiger partial charge in [0.05, 0.1) is 0 Å². The van der Waals surface area contributed by atoms with E-state index in [4.69, 9.17) is 4.74 Å². The average molecular weight is 383 g/mol. The molecule has 0 saturated carbocycles. The van der Waals surface area contributed by atoms with Gasteiger partial charge in [0.2, 0.25) is 0 Å². The Labute approximate surface area is 169 Å². The summed E-state index contributed by atoms with van der Waals surface area (Å²) in [5.41, 5.74) is 3.18. The first-order valence-corrected chi connectivity index (χ1v) is 10.1. The first-order chi connectivity index (χ1) is 13.3. The van der Waals surface area contributed by atoms with Gasteiger partial charge in [-0.25, -0.2) is 4.79 Å². The molecule has 0 spiro atoms. The van der Waals surface area contributed by atoms with E-state index in [9.17, 15) is 4.79 Å². The van der Waals surface area contributed by atoms with Crippen LogP contribution in [-0.2, 0) is 0 Å². The maximum atomic E-state index is 12.3. The van der Waals surface area contributed by atoms with E-state index in [1.54, 1.807) is 0 Å². The molecular formula is C24H34N2O2. The molecule has 1 amide bonds. The average Bonchev–Trinajstić information content (AvgIpc) is 2.62. The van der Waals surface area contributed by atoms with Gasteiger partial charge < -0.3 is 9.64 Å². The fourth-order valence-electron chi connectivity index (χ4n) is 3.68. The zero-order valence-corrected chi connectivity index (χ0v) is 18.0. The van der Waals surface area contributed by atoms with Gasteiger partial charge in [-0.3, -0.25) is 5.32 Å². The summed E-state index contributed by atoms with van der Waals surface area (Å²) in [6, 6.07) is 15.8.